The molecule has 0 unspecified atom stereocenters. The second kappa shape index (κ2) is 4.84. The molecule has 0 bridgehead atoms. The molecule has 2 rings (SSSR count). The maximum absolute atomic E-state index is 13.0. The third-order valence-electron chi connectivity index (χ3n) is 3.00. The molecule has 1 aliphatic rings. The van der Waals surface area contributed by atoms with Gasteiger partial charge in [-0.1, -0.05) is 12.1 Å². The van der Waals surface area contributed by atoms with Crippen LogP contribution in [0, 0.1) is 5.82 Å². The van der Waals surface area contributed by atoms with Crippen molar-refractivity contribution in [3.05, 3.63) is 35.6 Å². The van der Waals surface area contributed by atoms with E-state index in [1.807, 2.05) is 24.9 Å². The number of esters is 1. The highest BCUT2D eigenvalue weighted by molar-refractivity contribution is 5.77. The Balaban J connectivity index is 2.02. The van der Waals surface area contributed by atoms with Gasteiger partial charge in [0, 0.05) is 13.0 Å². The molecule has 1 aliphatic heterocycles. The molecule has 2 atom stereocenters. The van der Waals surface area contributed by atoms with Gasteiger partial charge in [-0.25, -0.2) is 4.39 Å². The molecule has 1 fully saturated rings. The molecule has 0 aromatic heterocycles. The summed E-state index contributed by atoms with van der Waals surface area (Å²) in [5, 5.41) is 0. The van der Waals surface area contributed by atoms with Gasteiger partial charge >= 0.3 is 5.97 Å². The average Bonchev–Trinajstić information content (AvgIpc) is 2.58. The number of hydrogen-bond donors (Lipinski definition) is 0. The number of hydrogen-bond acceptors (Lipinski definition) is 3. The maximum Gasteiger partial charge on any atom is 0.323 e. The number of ether oxygens (including phenoxy) is 1. The van der Waals surface area contributed by atoms with Crippen LogP contribution in [0.1, 0.15) is 18.9 Å². The SMILES string of the molecule is C[C@H]1C[C@@H](N(C)Cc2cccc(F)c2)C(=O)O1. The molecule has 3 nitrogen and oxygen atoms in total. The minimum absolute atomic E-state index is 0.0255. The molecule has 0 N–H and O–H groups in total. The Morgan fingerprint density at radius 1 is 1.53 bits per heavy atom. The van der Waals surface area contributed by atoms with Crippen LogP contribution >= 0.6 is 0 Å². The van der Waals surface area contributed by atoms with Gasteiger partial charge in [0.25, 0.3) is 0 Å². The molecule has 0 spiro atoms. The van der Waals surface area contributed by atoms with E-state index in [0.717, 1.165) is 5.56 Å². The second-order valence-corrected chi connectivity index (χ2v) is 4.54. The topological polar surface area (TPSA) is 29.5 Å². The monoisotopic (exact) mass is 237 g/mol. The smallest absolute Gasteiger partial charge is 0.323 e. The van der Waals surface area contributed by atoms with Gasteiger partial charge in [0.1, 0.15) is 18.0 Å². The van der Waals surface area contributed by atoms with Crippen molar-refractivity contribution in [1.82, 2.24) is 4.90 Å². The molecule has 0 amide bonds. The van der Waals surface area contributed by atoms with Crippen LogP contribution in [0.25, 0.3) is 0 Å². The second-order valence-electron chi connectivity index (χ2n) is 4.54. The Bertz CT molecular complexity index is 422. The summed E-state index contributed by atoms with van der Waals surface area (Å²) in [5.41, 5.74) is 0.861. The van der Waals surface area contributed by atoms with Gasteiger partial charge in [0.05, 0.1) is 0 Å². The van der Waals surface area contributed by atoms with Crippen molar-refractivity contribution in [3.8, 4) is 0 Å². The van der Waals surface area contributed by atoms with Gasteiger partial charge in [0.2, 0.25) is 0 Å². The van der Waals surface area contributed by atoms with E-state index in [4.69, 9.17) is 4.74 Å². The molecule has 17 heavy (non-hydrogen) atoms. The molecule has 1 saturated heterocycles. The number of carbonyl (C=O) groups is 1. The first-order valence-electron chi connectivity index (χ1n) is 5.71. The number of cyclic esters (lactones) is 1. The van der Waals surface area contributed by atoms with E-state index in [1.54, 1.807) is 6.07 Å². The zero-order valence-corrected chi connectivity index (χ0v) is 10.0. The van der Waals surface area contributed by atoms with E-state index >= 15 is 0 Å². The lowest BCUT2D eigenvalue weighted by Gasteiger charge is -2.20. The van der Waals surface area contributed by atoms with Crippen molar-refractivity contribution in [3.63, 3.8) is 0 Å². The van der Waals surface area contributed by atoms with Crippen molar-refractivity contribution < 1.29 is 13.9 Å². The van der Waals surface area contributed by atoms with E-state index in [1.165, 1.54) is 12.1 Å². The first-order chi connectivity index (χ1) is 8.06. The Morgan fingerprint density at radius 3 is 2.88 bits per heavy atom. The first kappa shape index (κ1) is 12.0. The standard InChI is InChI=1S/C13H16FNO2/c1-9-6-12(13(16)17-9)15(2)8-10-4-3-5-11(14)7-10/h3-5,7,9,12H,6,8H2,1-2H3/t9-,12+/m0/s1. The number of carbonyl (C=O) groups excluding carboxylic acids is 1. The Kier molecular flexibility index (Phi) is 3.43. The normalized spacial score (nSPS) is 24.1. The number of rotatable bonds is 3. The minimum atomic E-state index is -0.252. The van der Waals surface area contributed by atoms with E-state index in [-0.39, 0.29) is 23.9 Å². The molecule has 92 valence electrons. The van der Waals surface area contributed by atoms with Crippen LogP contribution in [-0.4, -0.2) is 30.1 Å². The van der Waals surface area contributed by atoms with Crippen molar-refractivity contribution in [2.24, 2.45) is 0 Å². The highest BCUT2D eigenvalue weighted by atomic mass is 19.1. The lowest BCUT2D eigenvalue weighted by Crippen LogP contribution is -2.34. The zero-order chi connectivity index (χ0) is 12.4. The predicted molar refractivity (Wildman–Crippen MR) is 61.8 cm³/mol. The highest BCUT2D eigenvalue weighted by Gasteiger charge is 2.34. The van der Waals surface area contributed by atoms with Gasteiger partial charge in [-0.3, -0.25) is 9.69 Å². The van der Waals surface area contributed by atoms with Crippen LogP contribution in [0.2, 0.25) is 0 Å². The third kappa shape index (κ3) is 2.82. The summed E-state index contributed by atoms with van der Waals surface area (Å²) in [6, 6.07) is 6.21. The van der Waals surface area contributed by atoms with E-state index in [2.05, 4.69) is 0 Å². The van der Waals surface area contributed by atoms with Crippen molar-refractivity contribution >= 4 is 5.97 Å². The summed E-state index contributed by atoms with van der Waals surface area (Å²) in [7, 11) is 1.86. The number of halogens is 1. The lowest BCUT2D eigenvalue weighted by molar-refractivity contribution is -0.144. The fourth-order valence-electron chi connectivity index (χ4n) is 2.13. The largest absolute Gasteiger partial charge is 0.461 e. The Hall–Kier alpha value is -1.42. The van der Waals surface area contributed by atoms with Crippen LogP contribution in [0.5, 0.6) is 0 Å². The molecule has 0 saturated carbocycles. The summed E-state index contributed by atoms with van der Waals surface area (Å²) >= 11 is 0. The maximum atomic E-state index is 13.0. The van der Waals surface area contributed by atoms with Crippen molar-refractivity contribution in [2.75, 3.05) is 7.05 Å². The first-order valence-corrected chi connectivity index (χ1v) is 5.71. The minimum Gasteiger partial charge on any atom is -0.461 e. The van der Waals surface area contributed by atoms with Crippen molar-refractivity contribution in [2.45, 2.75) is 32.0 Å². The van der Waals surface area contributed by atoms with E-state index in [0.29, 0.717) is 13.0 Å². The van der Waals surface area contributed by atoms with E-state index < -0.39 is 0 Å². The summed E-state index contributed by atoms with van der Waals surface area (Å²) in [4.78, 5) is 13.4. The predicted octanol–water partition coefficient (Wildman–Crippen LogP) is 1.96. The van der Waals surface area contributed by atoms with Crippen LogP contribution in [-0.2, 0) is 16.1 Å². The van der Waals surface area contributed by atoms with Crippen molar-refractivity contribution in [1.29, 1.82) is 0 Å². The molecular formula is C13H16FNO2. The zero-order valence-electron chi connectivity index (χ0n) is 10.0. The summed E-state index contributed by atoms with van der Waals surface area (Å²) in [5.74, 6) is -0.435. The van der Waals surface area contributed by atoms with Gasteiger partial charge in [-0.2, -0.15) is 0 Å². The molecule has 0 radical (unpaired) electrons. The van der Waals surface area contributed by atoms with Crippen LogP contribution in [0.15, 0.2) is 24.3 Å². The fraction of sp³-hybridized carbons (Fsp3) is 0.462. The summed E-state index contributed by atoms with van der Waals surface area (Å²) < 4.78 is 18.1. The Labute approximate surface area is 100 Å². The number of benzene rings is 1. The van der Waals surface area contributed by atoms with Crippen LogP contribution in [0.3, 0.4) is 0 Å². The highest BCUT2D eigenvalue weighted by Crippen LogP contribution is 2.20. The summed E-state index contributed by atoms with van der Waals surface area (Å²) in [6.07, 6.45) is 0.674. The average molecular weight is 237 g/mol. The van der Waals surface area contributed by atoms with E-state index in [9.17, 15) is 9.18 Å². The Morgan fingerprint density at radius 2 is 2.29 bits per heavy atom. The van der Waals surface area contributed by atoms with Crippen LogP contribution in [0.4, 0.5) is 4.39 Å². The molecule has 1 heterocycles. The van der Waals surface area contributed by atoms with Gasteiger partial charge < -0.3 is 4.74 Å². The molecular weight excluding hydrogens is 221 g/mol. The third-order valence-corrected chi connectivity index (χ3v) is 3.00. The van der Waals surface area contributed by atoms with Gasteiger partial charge in [0.15, 0.2) is 0 Å². The molecule has 0 aliphatic carbocycles. The lowest BCUT2D eigenvalue weighted by atomic mass is 10.1. The molecule has 4 heteroatoms. The number of nitrogens with zero attached hydrogens (tertiary/aromatic N) is 1. The van der Waals surface area contributed by atoms with Crippen LogP contribution < -0.4 is 0 Å². The number of likely N-dealkylation sites (N-methyl/N-ethyl adjacent to an activating group) is 1. The summed E-state index contributed by atoms with van der Waals surface area (Å²) in [6.45, 7) is 2.43. The fourth-order valence-corrected chi connectivity index (χ4v) is 2.13. The van der Waals surface area contributed by atoms with Gasteiger partial charge in [-0.15, -0.1) is 0 Å². The quantitative estimate of drug-likeness (QED) is 0.753. The van der Waals surface area contributed by atoms with Gasteiger partial charge in [-0.05, 0) is 31.7 Å². The molecule has 1 aromatic rings. The molecule has 1 aromatic carbocycles.